The van der Waals surface area contributed by atoms with Crippen molar-refractivity contribution in [3.05, 3.63) is 64.2 Å². The minimum Gasteiger partial charge on any atom is -0.389 e. The van der Waals surface area contributed by atoms with E-state index in [-0.39, 0.29) is 11.6 Å². The molecule has 6 heteroatoms. The number of alkyl halides is 3. The normalized spacial score (nSPS) is 13.0. The van der Waals surface area contributed by atoms with Crippen molar-refractivity contribution < 1.29 is 18.3 Å². The summed E-state index contributed by atoms with van der Waals surface area (Å²) in [5.74, 6) is 0. The van der Waals surface area contributed by atoms with E-state index in [9.17, 15) is 18.3 Å². The summed E-state index contributed by atoms with van der Waals surface area (Å²) in [7, 11) is 0. The van der Waals surface area contributed by atoms with Gasteiger partial charge in [0.2, 0.25) is 0 Å². The summed E-state index contributed by atoms with van der Waals surface area (Å²) >= 11 is 5.85. The number of anilines is 1. The molecule has 0 spiro atoms. The molecule has 2 aromatic carbocycles. The Morgan fingerprint density at radius 2 is 1.82 bits per heavy atom. The molecule has 0 bridgehead atoms. The Bertz CT molecular complexity index is 656. The smallest absolute Gasteiger partial charge is 0.389 e. The van der Waals surface area contributed by atoms with Gasteiger partial charge in [0.15, 0.2) is 0 Å². The van der Waals surface area contributed by atoms with Crippen molar-refractivity contribution in [1.82, 2.24) is 0 Å². The van der Waals surface area contributed by atoms with Crippen LogP contribution in [0.15, 0.2) is 42.5 Å². The zero-order valence-corrected chi connectivity index (χ0v) is 12.5. The van der Waals surface area contributed by atoms with E-state index >= 15 is 0 Å². The van der Waals surface area contributed by atoms with E-state index < -0.39 is 17.8 Å². The van der Waals surface area contributed by atoms with Gasteiger partial charge in [-0.15, -0.1) is 0 Å². The van der Waals surface area contributed by atoms with Crippen LogP contribution < -0.4 is 5.32 Å². The summed E-state index contributed by atoms with van der Waals surface area (Å²) in [5, 5.41) is 12.4. The number of hydrogen-bond acceptors (Lipinski definition) is 2. The van der Waals surface area contributed by atoms with E-state index in [4.69, 9.17) is 11.6 Å². The van der Waals surface area contributed by atoms with Gasteiger partial charge in [-0.05, 0) is 24.6 Å². The molecule has 1 unspecified atom stereocenters. The van der Waals surface area contributed by atoms with Crippen LogP contribution in [-0.2, 0) is 12.7 Å². The van der Waals surface area contributed by atoms with Crippen LogP contribution in [0, 0.1) is 0 Å². The summed E-state index contributed by atoms with van der Waals surface area (Å²) in [6, 6.07) is 10.9. The van der Waals surface area contributed by atoms with Gasteiger partial charge in [-0.25, -0.2) is 0 Å². The van der Waals surface area contributed by atoms with E-state index in [2.05, 4.69) is 5.32 Å². The quantitative estimate of drug-likeness (QED) is 0.825. The fraction of sp³-hybridized carbons (Fsp3) is 0.250. The highest BCUT2D eigenvalue weighted by atomic mass is 35.5. The highest BCUT2D eigenvalue weighted by molar-refractivity contribution is 6.32. The molecule has 0 aliphatic heterocycles. The summed E-state index contributed by atoms with van der Waals surface area (Å²) in [4.78, 5) is 0. The second-order valence-corrected chi connectivity index (χ2v) is 5.27. The van der Waals surface area contributed by atoms with Crippen molar-refractivity contribution in [3.63, 3.8) is 0 Å². The summed E-state index contributed by atoms with van der Waals surface area (Å²) in [6.07, 6.45) is -5.16. The fourth-order valence-electron chi connectivity index (χ4n) is 2.15. The third-order valence-electron chi connectivity index (χ3n) is 3.26. The lowest BCUT2D eigenvalue weighted by molar-refractivity contribution is -0.137. The number of nitrogens with one attached hydrogen (secondary N) is 1. The highest BCUT2D eigenvalue weighted by Crippen LogP contribution is 2.36. The fourth-order valence-corrected chi connectivity index (χ4v) is 2.45. The molecule has 2 nitrogen and oxygen atoms in total. The Morgan fingerprint density at radius 3 is 2.45 bits per heavy atom. The lowest BCUT2D eigenvalue weighted by atomic mass is 10.1. The topological polar surface area (TPSA) is 32.3 Å². The summed E-state index contributed by atoms with van der Waals surface area (Å²) in [6.45, 7) is 1.75. The predicted octanol–water partition coefficient (Wildman–Crippen LogP) is 5.02. The number of para-hydroxylation sites is 1. The van der Waals surface area contributed by atoms with Crippen molar-refractivity contribution in [2.45, 2.75) is 25.7 Å². The molecule has 22 heavy (non-hydrogen) atoms. The molecule has 2 aromatic rings. The van der Waals surface area contributed by atoms with E-state index in [1.807, 2.05) is 0 Å². The number of rotatable bonds is 4. The molecule has 0 radical (unpaired) electrons. The zero-order valence-electron chi connectivity index (χ0n) is 11.8. The van der Waals surface area contributed by atoms with E-state index in [0.29, 0.717) is 16.8 Å². The van der Waals surface area contributed by atoms with Crippen LogP contribution in [0.2, 0.25) is 5.02 Å². The number of aliphatic hydroxyl groups is 1. The van der Waals surface area contributed by atoms with Crippen molar-refractivity contribution in [3.8, 4) is 0 Å². The molecule has 2 N–H and O–H groups in total. The van der Waals surface area contributed by atoms with Crippen molar-refractivity contribution in [2.75, 3.05) is 5.32 Å². The maximum Gasteiger partial charge on any atom is 0.417 e. The molecular formula is C16H15ClF3NO. The van der Waals surface area contributed by atoms with Crippen LogP contribution >= 0.6 is 11.6 Å². The first-order valence-corrected chi connectivity index (χ1v) is 7.04. The van der Waals surface area contributed by atoms with Gasteiger partial charge in [0.1, 0.15) is 0 Å². The first kappa shape index (κ1) is 16.6. The molecule has 0 saturated heterocycles. The predicted molar refractivity (Wildman–Crippen MR) is 80.9 cm³/mol. The van der Waals surface area contributed by atoms with Gasteiger partial charge in [0, 0.05) is 17.8 Å². The van der Waals surface area contributed by atoms with Crippen LogP contribution in [-0.4, -0.2) is 5.11 Å². The number of hydrogen-bond donors (Lipinski definition) is 2. The number of halogens is 4. The second-order valence-electron chi connectivity index (χ2n) is 4.89. The average Bonchev–Trinajstić information content (AvgIpc) is 2.45. The lowest BCUT2D eigenvalue weighted by Gasteiger charge is -2.16. The van der Waals surface area contributed by atoms with Crippen LogP contribution in [0.25, 0.3) is 0 Å². The lowest BCUT2D eigenvalue weighted by Crippen LogP contribution is -2.09. The van der Waals surface area contributed by atoms with Gasteiger partial charge < -0.3 is 10.4 Å². The first-order chi connectivity index (χ1) is 10.3. The van der Waals surface area contributed by atoms with Crippen LogP contribution in [0.5, 0.6) is 0 Å². The van der Waals surface area contributed by atoms with Gasteiger partial charge in [-0.2, -0.15) is 13.2 Å². The Morgan fingerprint density at radius 1 is 1.14 bits per heavy atom. The van der Waals surface area contributed by atoms with Crippen molar-refractivity contribution in [2.24, 2.45) is 0 Å². The second kappa shape index (κ2) is 6.58. The molecule has 118 valence electrons. The Labute approximate surface area is 131 Å². The standard InChI is InChI=1S/C16H15ClF3NO/c1-10(22)12-6-2-3-8-14(12)21-9-11-5-4-7-13(15(11)17)16(18,19)20/h2-8,10,21-22H,9H2,1H3. The van der Waals surface area contributed by atoms with Crippen LogP contribution in [0.4, 0.5) is 18.9 Å². The molecule has 0 aliphatic rings. The molecule has 0 aromatic heterocycles. The van der Waals surface area contributed by atoms with Gasteiger partial charge in [0.05, 0.1) is 16.7 Å². The maximum absolute atomic E-state index is 12.8. The average molecular weight is 330 g/mol. The molecule has 0 saturated carbocycles. The largest absolute Gasteiger partial charge is 0.417 e. The molecular weight excluding hydrogens is 315 g/mol. The zero-order chi connectivity index (χ0) is 16.3. The Hall–Kier alpha value is -1.72. The van der Waals surface area contributed by atoms with Gasteiger partial charge in [0.25, 0.3) is 0 Å². The van der Waals surface area contributed by atoms with Gasteiger partial charge in [-0.1, -0.05) is 41.9 Å². The minimum absolute atomic E-state index is 0.131. The number of benzene rings is 2. The highest BCUT2D eigenvalue weighted by Gasteiger charge is 2.33. The van der Waals surface area contributed by atoms with Gasteiger partial charge >= 0.3 is 6.18 Å². The molecule has 0 fully saturated rings. The minimum atomic E-state index is -4.48. The monoisotopic (exact) mass is 329 g/mol. The molecule has 0 heterocycles. The first-order valence-electron chi connectivity index (χ1n) is 6.66. The van der Waals surface area contributed by atoms with Crippen LogP contribution in [0.1, 0.15) is 29.7 Å². The number of aliphatic hydroxyl groups excluding tert-OH is 1. The molecule has 2 rings (SSSR count). The third kappa shape index (κ3) is 3.72. The third-order valence-corrected chi connectivity index (χ3v) is 3.71. The molecule has 1 atom stereocenters. The van der Waals surface area contributed by atoms with E-state index in [0.717, 1.165) is 6.07 Å². The van der Waals surface area contributed by atoms with E-state index in [1.54, 1.807) is 31.2 Å². The molecule has 0 amide bonds. The SMILES string of the molecule is CC(O)c1ccccc1NCc1cccc(C(F)(F)F)c1Cl. The van der Waals surface area contributed by atoms with Gasteiger partial charge in [-0.3, -0.25) is 0 Å². The molecule has 0 aliphatic carbocycles. The van der Waals surface area contributed by atoms with Crippen LogP contribution in [0.3, 0.4) is 0 Å². The van der Waals surface area contributed by atoms with E-state index in [1.165, 1.54) is 12.1 Å². The van der Waals surface area contributed by atoms with Crippen molar-refractivity contribution in [1.29, 1.82) is 0 Å². The maximum atomic E-state index is 12.8. The Balaban J connectivity index is 2.23. The summed E-state index contributed by atoms with van der Waals surface area (Å²) < 4.78 is 38.5. The summed E-state index contributed by atoms with van der Waals surface area (Å²) in [5.41, 5.74) is 0.825. The Kier molecular flexibility index (Phi) is 4.98. The van der Waals surface area contributed by atoms with Crippen molar-refractivity contribution >= 4 is 17.3 Å².